The second kappa shape index (κ2) is 7.81. The molecule has 0 radical (unpaired) electrons. The number of ether oxygens (including phenoxy) is 1. The van der Waals surface area contributed by atoms with Crippen LogP contribution in [0.5, 0.6) is 0 Å². The number of para-hydroxylation sites is 1. The van der Waals surface area contributed by atoms with Gasteiger partial charge in [0, 0.05) is 11.6 Å². The average molecular weight is 352 g/mol. The third kappa shape index (κ3) is 3.97. The molecule has 0 aromatic heterocycles. The van der Waals surface area contributed by atoms with E-state index in [2.05, 4.69) is 5.10 Å². The Bertz CT molecular complexity index is 832. The molecule has 1 aliphatic rings. The van der Waals surface area contributed by atoms with Crippen molar-refractivity contribution in [2.24, 2.45) is 5.10 Å². The van der Waals surface area contributed by atoms with E-state index < -0.39 is 5.97 Å². The van der Waals surface area contributed by atoms with E-state index >= 15 is 0 Å². The van der Waals surface area contributed by atoms with E-state index in [1.165, 1.54) is 6.08 Å². The molecule has 126 valence electrons. The van der Waals surface area contributed by atoms with E-state index in [1.807, 2.05) is 48.5 Å². The zero-order valence-electron chi connectivity index (χ0n) is 13.6. The summed E-state index contributed by atoms with van der Waals surface area (Å²) in [6.45, 7) is 2.01. The molecule has 0 amide bonds. The number of allylic oxidation sites excluding steroid dienone is 1. The lowest BCUT2D eigenvalue weighted by molar-refractivity contribution is -0.134. The van der Waals surface area contributed by atoms with Gasteiger partial charge in [-0.05, 0) is 30.8 Å². The van der Waals surface area contributed by atoms with Crippen molar-refractivity contribution in [3.05, 3.63) is 77.3 Å². The number of rotatable bonds is 5. The Balaban J connectivity index is 1.93. The number of nitrogens with zero attached hydrogens (tertiary/aromatic N) is 2. The summed E-state index contributed by atoms with van der Waals surface area (Å²) >= 11 is 1.13. The normalized spacial score (nSPS) is 15.2. The molecular formula is C19H16N2O3S. The van der Waals surface area contributed by atoms with Gasteiger partial charge < -0.3 is 4.74 Å². The summed E-state index contributed by atoms with van der Waals surface area (Å²) < 4.78 is 5.02. The number of carbonyl (C=O) groups excluding carboxylic acids is 2. The van der Waals surface area contributed by atoms with Gasteiger partial charge in [-0.25, -0.2) is 9.80 Å². The molecule has 0 saturated carbocycles. The summed E-state index contributed by atoms with van der Waals surface area (Å²) in [5, 5.41) is 6.67. The molecule has 5 nitrogen and oxygen atoms in total. The topological polar surface area (TPSA) is 59.0 Å². The first kappa shape index (κ1) is 17.0. The summed E-state index contributed by atoms with van der Waals surface area (Å²) in [4.78, 5) is 24.5. The van der Waals surface area contributed by atoms with Gasteiger partial charge in [0.1, 0.15) is 5.03 Å². The first-order valence-corrected chi connectivity index (χ1v) is 8.60. The predicted octanol–water partition coefficient (Wildman–Crippen LogP) is 3.84. The Hall–Kier alpha value is -2.86. The molecule has 0 bridgehead atoms. The standard InChI is InChI=1S/C19H16N2O3S/c1-2-24-19(23)18-20-21(15-11-7-4-8-12-15)17(25-18)13-16(22)14-9-5-3-6-10-14/h3-13H,2H2,1H3/b17-13-. The Labute approximate surface area is 150 Å². The third-order valence-corrected chi connectivity index (χ3v) is 4.31. The number of ketones is 1. The molecule has 2 aromatic rings. The second-order valence-corrected chi connectivity index (χ2v) is 6.10. The van der Waals surface area contributed by atoms with Gasteiger partial charge in [-0.3, -0.25) is 4.79 Å². The molecule has 1 heterocycles. The second-order valence-electron chi connectivity index (χ2n) is 5.09. The van der Waals surface area contributed by atoms with E-state index in [0.717, 1.165) is 17.4 Å². The molecule has 0 N–H and O–H groups in total. The van der Waals surface area contributed by atoms with Crippen LogP contribution in [-0.4, -0.2) is 23.4 Å². The maximum atomic E-state index is 12.5. The molecular weight excluding hydrogens is 336 g/mol. The number of anilines is 1. The Kier molecular flexibility index (Phi) is 5.30. The minimum Gasteiger partial charge on any atom is -0.461 e. The molecule has 1 aliphatic heterocycles. The van der Waals surface area contributed by atoms with Crippen molar-refractivity contribution in [1.29, 1.82) is 0 Å². The van der Waals surface area contributed by atoms with Gasteiger partial charge in [-0.15, -0.1) is 0 Å². The number of esters is 1. The van der Waals surface area contributed by atoms with Crippen LogP contribution in [0.3, 0.4) is 0 Å². The fraction of sp³-hybridized carbons (Fsp3) is 0.105. The Morgan fingerprint density at radius 1 is 1.08 bits per heavy atom. The molecule has 0 aliphatic carbocycles. The first-order chi connectivity index (χ1) is 12.2. The van der Waals surface area contributed by atoms with Crippen LogP contribution >= 0.6 is 11.8 Å². The fourth-order valence-corrected chi connectivity index (χ4v) is 3.08. The van der Waals surface area contributed by atoms with Crippen molar-refractivity contribution in [3.8, 4) is 0 Å². The molecule has 0 unspecified atom stereocenters. The fourth-order valence-electron chi connectivity index (χ4n) is 2.22. The average Bonchev–Trinajstić information content (AvgIpc) is 3.07. The molecule has 0 atom stereocenters. The molecule has 6 heteroatoms. The maximum Gasteiger partial charge on any atom is 0.365 e. The molecule has 25 heavy (non-hydrogen) atoms. The molecule has 0 fully saturated rings. The highest BCUT2D eigenvalue weighted by Gasteiger charge is 2.29. The van der Waals surface area contributed by atoms with Crippen LogP contribution in [0.25, 0.3) is 0 Å². The first-order valence-electron chi connectivity index (χ1n) is 7.79. The highest BCUT2D eigenvalue weighted by atomic mass is 32.2. The SMILES string of the molecule is CCOC(=O)C1=NN(c2ccccc2)/C(=C/C(=O)c2ccccc2)S1. The molecule has 0 spiro atoms. The van der Waals surface area contributed by atoms with Crippen LogP contribution in [0, 0.1) is 0 Å². The smallest absolute Gasteiger partial charge is 0.365 e. The van der Waals surface area contributed by atoms with Gasteiger partial charge in [0.25, 0.3) is 0 Å². The summed E-state index contributed by atoms with van der Waals surface area (Å²) in [5.41, 5.74) is 1.34. The molecule has 3 rings (SSSR count). The third-order valence-electron chi connectivity index (χ3n) is 3.36. The van der Waals surface area contributed by atoms with Crippen molar-refractivity contribution >= 4 is 34.2 Å². The van der Waals surface area contributed by atoms with Gasteiger partial charge in [-0.1, -0.05) is 48.5 Å². The van der Waals surface area contributed by atoms with Crippen LogP contribution < -0.4 is 5.01 Å². The van der Waals surface area contributed by atoms with Crippen LogP contribution in [0.15, 0.2) is 76.9 Å². The molecule has 0 saturated heterocycles. The van der Waals surface area contributed by atoms with Gasteiger partial charge in [0.15, 0.2) is 5.78 Å². The van der Waals surface area contributed by atoms with Crippen molar-refractivity contribution in [2.75, 3.05) is 11.6 Å². The van der Waals surface area contributed by atoms with Crippen molar-refractivity contribution in [3.63, 3.8) is 0 Å². The number of benzene rings is 2. The summed E-state index contributed by atoms with van der Waals surface area (Å²) in [5.74, 6) is -0.645. The largest absolute Gasteiger partial charge is 0.461 e. The van der Waals surface area contributed by atoms with E-state index in [1.54, 1.807) is 24.1 Å². The summed E-state index contributed by atoms with van der Waals surface area (Å²) in [6, 6.07) is 18.3. The minimum absolute atomic E-state index is 0.149. The summed E-state index contributed by atoms with van der Waals surface area (Å²) in [6.07, 6.45) is 1.49. The highest BCUT2D eigenvalue weighted by molar-refractivity contribution is 8.19. The number of hydrazone groups is 1. The minimum atomic E-state index is -0.496. The number of hydrogen-bond donors (Lipinski definition) is 0. The predicted molar refractivity (Wildman–Crippen MR) is 99.4 cm³/mol. The summed E-state index contributed by atoms with van der Waals surface area (Å²) in [7, 11) is 0. The zero-order valence-corrected chi connectivity index (χ0v) is 14.4. The zero-order chi connectivity index (χ0) is 17.6. The van der Waals surface area contributed by atoms with Gasteiger partial charge in [0.2, 0.25) is 5.04 Å². The van der Waals surface area contributed by atoms with E-state index in [0.29, 0.717) is 10.6 Å². The van der Waals surface area contributed by atoms with Gasteiger partial charge in [0.05, 0.1) is 12.3 Å². The van der Waals surface area contributed by atoms with Crippen molar-refractivity contribution in [1.82, 2.24) is 0 Å². The Morgan fingerprint density at radius 2 is 1.72 bits per heavy atom. The van der Waals surface area contributed by atoms with Crippen LogP contribution in [0.2, 0.25) is 0 Å². The van der Waals surface area contributed by atoms with Gasteiger partial charge >= 0.3 is 5.97 Å². The van der Waals surface area contributed by atoms with Crippen LogP contribution in [-0.2, 0) is 9.53 Å². The van der Waals surface area contributed by atoms with E-state index in [4.69, 9.17) is 4.74 Å². The van der Waals surface area contributed by atoms with Crippen molar-refractivity contribution < 1.29 is 14.3 Å². The number of hydrogen-bond acceptors (Lipinski definition) is 6. The number of carbonyl (C=O) groups is 2. The lowest BCUT2D eigenvalue weighted by Crippen LogP contribution is -2.13. The van der Waals surface area contributed by atoms with E-state index in [-0.39, 0.29) is 17.4 Å². The van der Waals surface area contributed by atoms with Gasteiger partial charge in [-0.2, -0.15) is 5.10 Å². The van der Waals surface area contributed by atoms with Crippen LogP contribution in [0.1, 0.15) is 17.3 Å². The maximum absolute atomic E-state index is 12.5. The van der Waals surface area contributed by atoms with Crippen molar-refractivity contribution in [2.45, 2.75) is 6.92 Å². The monoisotopic (exact) mass is 352 g/mol. The number of thioether (sulfide) groups is 1. The molecule has 2 aromatic carbocycles. The highest BCUT2D eigenvalue weighted by Crippen LogP contribution is 2.35. The lowest BCUT2D eigenvalue weighted by atomic mass is 10.1. The van der Waals surface area contributed by atoms with Crippen LogP contribution in [0.4, 0.5) is 5.69 Å². The lowest BCUT2D eigenvalue weighted by Gasteiger charge is -2.14. The Morgan fingerprint density at radius 3 is 2.36 bits per heavy atom. The van der Waals surface area contributed by atoms with E-state index in [9.17, 15) is 9.59 Å². The quantitative estimate of drug-likeness (QED) is 0.465.